The van der Waals surface area contributed by atoms with Crippen molar-refractivity contribution in [2.75, 3.05) is 0 Å². The molecule has 0 spiro atoms. The van der Waals surface area contributed by atoms with E-state index in [-0.39, 0.29) is 11.9 Å². The van der Waals surface area contributed by atoms with Gasteiger partial charge in [-0.2, -0.15) is 0 Å². The fourth-order valence-corrected chi connectivity index (χ4v) is 3.67. The number of epoxide rings is 1. The number of ether oxygens (including phenoxy) is 1. The van der Waals surface area contributed by atoms with E-state index < -0.39 is 5.60 Å². The molecule has 2 atom stereocenters. The van der Waals surface area contributed by atoms with Gasteiger partial charge in [0.1, 0.15) is 6.10 Å². The quantitative estimate of drug-likeness (QED) is 0.260. The summed E-state index contributed by atoms with van der Waals surface area (Å²) in [5.74, 6) is 0.274. The zero-order chi connectivity index (χ0) is 17.1. The highest BCUT2D eigenvalue weighted by Crippen LogP contribution is 2.43. The van der Waals surface area contributed by atoms with E-state index in [1.165, 1.54) is 77.0 Å². The van der Waals surface area contributed by atoms with Crippen molar-refractivity contribution in [1.29, 1.82) is 0 Å². The third-order valence-electron chi connectivity index (χ3n) is 5.37. The molecule has 24 heavy (non-hydrogen) atoms. The SMILES string of the molecule is CCCCCCCCCCCCCCCC(=O)C12C=CC=CC1O2. The molecule has 1 heterocycles. The van der Waals surface area contributed by atoms with E-state index in [1.54, 1.807) is 0 Å². The normalized spacial score (nSPS) is 24.1. The van der Waals surface area contributed by atoms with Gasteiger partial charge < -0.3 is 4.74 Å². The summed E-state index contributed by atoms with van der Waals surface area (Å²) in [5.41, 5.74) is -0.564. The average Bonchev–Trinajstić information content (AvgIpc) is 3.35. The third kappa shape index (κ3) is 6.20. The largest absolute Gasteiger partial charge is 0.349 e. The monoisotopic (exact) mass is 332 g/mol. The Balaban J connectivity index is 1.34. The predicted octanol–water partition coefficient (Wildman–Crippen LogP) is 6.30. The van der Waals surface area contributed by atoms with Gasteiger partial charge in [0.15, 0.2) is 11.4 Å². The van der Waals surface area contributed by atoms with Crippen molar-refractivity contribution in [2.24, 2.45) is 0 Å². The van der Waals surface area contributed by atoms with Gasteiger partial charge in [-0.15, -0.1) is 0 Å². The highest BCUT2D eigenvalue weighted by atomic mass is 16.6. The van der Waals surface area contributed by atoms with Gasteiger partial charge in [-0.3, -0.25) is 4.79 Å². The van der Waals surface area contributed by atoms with Crippen molar-refractivity contribution in [3.8, 4) is 0 Å². The molecule has 0 aromatic heterocycles. The Kier molecular flexibility index (Phi) is 8.80. The van der Waals surface area contributed by atoms with Gasteiger partial charge in [0.05, 0.1) is 0 Å². The Morgan fingerprint density at radius 3 is 1.92 bits per heavy atom. The molecule has 0 bridgehead atoms. The first-order chi connectivity index (χ1) is 11.8. The van der Waals surface area contributed by atoms with Crippen LogP contribution < -0.4 is 0 Å². The molecule has 0 amide bonds. The number of fused-ring (bicyclic) bond motifs is 1. The highest BCUT2D eigenvalue weighted by molar-refractivity contribution is 5.93. The second-order valence-electron chi connectivity index (χ2n) is 7.49. The zero-order valence-corrected chi connectivity index (χ0v) is 15.6. The van der Waals surface area contributed by atoms with Crippen molar-refractivity contribution in [3.05, 3.63) is 24.3 Å². The lowest BCUT2D eigenvalue weighted by atomic mass is 9.92. The van der Waals surface area contributed by atoms with Crippen LogP contribution in [0.25, 0.3) is 0 Å². The number of rotatable bonds is 15. The molecule has 2 heteroatoms. The minimum Gasteiger partial charge on any atom is -0.349 e. The summed E-state index contributed by atoms with van der Waals surface area (Å²) in [7, 11) is 0. The fourth-order valence-electron chi connectivity index (χ4n) is 3.67. The van der Waals surface area contributed by atoms with Gasteiger partial charge in [-0.25, -0.2) is 0 Å². The van der Waals surface area contributed by atoms with E-state index in [0.29, 0.717) is 6.42 Å². The van der Waals surface area contributed by atoms with Crippen molar-refractivity contribution in [1.82, 2.24) is 0 Å². The Labute approximate surface area is 148 Å². The smallest absolute Gasteiger partial charge is 0.175 e. The molecule has 2 rings (SSSR count). The highest BCUT2D eigenvalue weighted by Gasteiger charge is 2.58. The first kappa shape index (κ1) is 19.4. The van der Waals surface area contributed by atoms with Crippen LogP contribution in [0.15, 0.2) is 24.3 Å². The maximum atomic E-state index is 12.3. The van der Waals surface area contributed by atoms with Crippen molar-refractivity contribution >= 4 is 5.78 Å². The maximum Gasteiger partial charge on any atom is 0.175 e. The molecule has 2 aliphatic rings. The number of carbonyl (C=O) groups excluding carboxylic acids is 1. The molecule has 1 fully saturated rings. The van der Waals surface area contributed by atoms with E-state index >= 15 is 0 Å². The number of allylic oxidation sites excluding steroid dienone is 2. The molecule has 136 valence electrons. The van der Waals surface area contributed by atoms with Gasteiger partial charge in [0.25, 0.3) is 0 Å². The average molecular weight is 333 g/mol. The topological polar surface area (TPSA) is 29.6 Å². The first-order valence-corrected chi connectivity index (χ1v) is 10.4. The Morgan fingerprint density at radius 1 is 0.833 bits per heavy atom. The van der Waals surface area contributed by atoms with Gasteiger partial charge in [0.2, 0.25) is 0 Å². The Morgan fingerprint density at radius 2 is 1.38 bits per heavy atom. The van der Waals surface area contributed by atoms with Crippen LogP contribution in [0.2, 0.25) is 0 Å². The van der Waals surface area contributed by atoms with Crippen molar-refractivity contribution in [2.45, 2.75) is 109 Å². The summed E-state index contributed by atoms with van der Waals surface area (Å²) in [5, 5.41) is 0. The number of unbranched alkanes of at least 4 members (excludes halogenated alkanes) is 12. The van der Waals surface area contributed by atoms with Crippen LogP contribution in [0.4, 0.5) is 0 Å². The minimum absolute atomic E-state index is 0.0250. The van der Waals surface area contributed by atoms with Crippen molar-refractivity contribution < 1.29 is 9.53 Å². The summed E-state index contributed by atoms with van der Waals surface area (Å²) in [6.45, 7) is 2.27. The molecule has 0 aromatic rings. The first-order valence-electron chi connectivity index (χ1n) is 10.4. The van der Waals surface area contributed by atoms with E-state index in [2.05, 4.69) is 6.92 Å². The minimum atomic E-state index is -0.564. The molecular formula is C22H36O2. The molecule has 1 aliphatic heterocycles. The molecule has 1 saturated heterocycles. The third-order valence-corrected chi connectivity index (χ3v) is 5.37. The summed E-state index contributed by atoms with van der Waals surface area (Å²) in [6.07, 6.45) is 25.9. The molecule has 2 nitrogen and oxygen atoms in total. The molecule has 1 aliphatic carbocycles. The molecule has 0 N–H and O–H groups in total. The number of carbonyl (C=O) groups is 1. The summed E-state index contributed by atoms with van der Waals surface area (Å²) in [4.78, 5) is 12.3. The predicted molar refractivity (Wildman–Crippen MR) is 101 cm³/mol. The number of hydrogen-bond acceptors (Lipinski definition) is 2. The standard InChI is InChI=1S/C22H36O2/c1-2-3-4-5-6-7-8-9-10-11-12-13-14-17-20(23)22-19-16-15-18-21(22)24-22/h15-16,18-19,21H,2-14,17H2,1H3. The second kappa shape index (κ2) is 10.9. The molecule has 2 unspecified atom stereocenters. The lowest BCUT2D eigenvalue weighted by molar-refractivity contribution is -0.122. The second-order valence-corrected chi connectivity index (χ2v) is 7.49. The number of Topliss-reactive ketones (excluding diaryl/α,β-unsaturated/α-hetero) is 1. The van der Waals surface area contributed by atoms with Crippen LogP contribution in [-0.4, -0.2) is 17.5 Å². The fraction of sp³-hybridized carbons (Fsp3) is 0.773. The van der Waals surface area contributed by atoms with Crippen LogP contribution in [0.1, 0.15) is 96.8 Å². The zero-order valence-electron chi connectivity index (χ0n) is 15.6. The molecule has 0 aromatic carbocycles. The van der Waals surface area contributed by atoms with Gasteiger partial charge >= 0.3 is 0 Å². The van der Waals surface area contributed by atoms with Gasteiger partial charge in [0, 0.05) is 6.42 Å². The van der Waals surface area contributed by atoms with E-state index in [4.69, 9.17) is 4.74 Å². The van der Waals surface area contributed by atoms with Gasteiger partial charge in [-0.05, 0) is 12.5 Å². The van der Waals surface area contributed by atoms with Crippen LogP contribution in [0, 0.1) is 0 Å². The molecule has 0 radical (unpaired) electrons. The lowest BCUT2D eigenvalue weighted by Gasteiger charge is -2.08. The Hall–Kier alpha value is -0.890. The van der Waals surface area contributed by atoms with E-state index in [1.807, 2.05) is 24.3 Å². The molecular weight excluding hydrogens is 296 g/mol. The lowest BCUT2D eigenvalue weighted by Crippen LogP contribution is -2.25. The van der Waals surface area contributed by atoms with Crippen LogP contribution >= 0.6 is 0 Å². The summed E-state index contributed by atoms with van der Waals surface area (Å²) in [6, 6.07) is 0. The number of hydrogen-bond donors (Lipinski definition) is 0. The van der Waals surface area contributed by atoms with Crippen molar-refractivity contribution in [3.63, 3.8) is 0 Å². The number of ketones is 1. The van der Waals surface area contributed by atoms with Crippen LogP contribution in [-0.2, 0) is 9.53 Å². The maximum absolute atomic E-state index is 12.3. The van der Waals surface area contributed by atoms with Gasteiger partial charge in [-0.1, -0.05) is 102 Å². The summed E-state index contributed by atoms with van der Waals surface area (Å²) < 4.78 is 5.57. The summed E-state index contributed by atoms with van der Waals surface area (Å²) >= 11 is 0. The van der Waals surface area contributed by atoms with Crippen LogP contribution in [0.3, 0.4) is 0 Å². The molecule has 0 saturated carbocycles. The van der Waals surface area contributed by atoms with E-state index in [0.717, 1.165) is 6.42 Å². The van der Waals surface area contributed by atoms with E-state index in [9.17, 15) is 4.79 Å². The Bertz CT molecular complexity index is 424. The van der Waals surface area contributed by atoms with Crippen LogP contribution in [0.5, 0.6) is 0 Å².